The molecule has 0 spiro atoms. The van der Waals surface area contributed by atoms with Crippen LogP contribution < -0.4 is 0 Å². The quantitative estimate of drug-likeness (QED) is 0.101. The van der Waals surface area contributed by atoms with Crippen molar-refractivity contribution in [1.29, 1.82) is 0 Å². The zero-order chi connectivity index (χ0) is 28.3. The van der Waals surface area contributed by atoms with Gasteiger partial charge in [-0.05, 0) is 48.0 Å². The van der Waals surface area contributed by atoms with Crippen molar-refractivity contribution >= 4 is 17.9 Å². The molecule has 0 saturated heterocycles. The Hall–Kier alpha value is -1.63. The summed E-state index contributed by atoms with van der Waals surface area (Å²) in [5, 5.41) is 10.4. The molecule has 0 heterocycles. The van der Waals surface area contributed by atoms with Crippen LogP contribution in [-0.4, -0.2) is 46.4 Å². The highest BCUT2D eigenvalue weighted by Gasteiger charge is 2.40. The maximum absolute atomic E-state index is 12.6. The number of aliphatic hydroxyl groups excluding tert-OH is 1. The van der Waals surface area contributed by atoms with Crippen molar-refractivity contribution in [2.45, 2.75) is 175 Å². The van der Waals surface area contributed by atoms with E-state index in [0.717, 1.165) is 19.3 Å². The standard InChI is InChI=1S/C30H56O7/c1-8-9-10-11-12-13-14-15-16-17-18-19-20-21-22-23-24(31)35-26(28(34)37-30(5,6)7)25(32)27(33)36-29(2,3)4/h25-26,32H,8-23H2,1-7H3. The fourth-order valence-electron chi connectivity index (χ4n) is 3.93. The maximum Gasteiger partial charge on any atom is 0.351 e. The lowest BCUT2D eigenvalue weighted by molar-refractivity contribution is -0.193. The van der Waals surface area contributed by atoms with Gasteiger partial charge in [0, 0.05) is 6.42 Å². The Morgan fingerprint density at radius 2 is 0.946 bits per heavy atom. The van der Waals surface area contributed by atoms with Crippen LogP contribution >= 0.6 is 0 Å². The summed E-state index contributed by atoms with van der Waals surface area (Å²) in [7, 11) is 0. The molecule has 0 saturated carbocycles. The Morgan fingerprint density at radius 3 is 1.32 bits per heavy atom. The summed E-state index contributed by atoms with van der Waals surface area (Å²) in [5.74, 6) is -2.66. The van der Waals surface area contributed by atoms with E-state index < -0.39 is 41.3 Å². The van der Waals surface area contributed by atoms with Gasteiger partial charge in [-0.15, -0.1) is 0 Å². The molecule has 1 N–H and O–H groups in total. The van der Waals surface area contributed by atoms with Gasteiger partial charge in [-0.2, -0.15) is 0 Å². The van der Waals surface area contributed by atoms with E-state index in [1.807, 2.05) is 0 Å². The fraction of sp³-hybridized carbons (Fsp3) is 0.900. The minimum atomic E-state index is -1.96. The van der Waals surface area contributed by atoms with Crippen molar-refractivity contribution in [3.05, 3.63) is 0 Å². The van der Waals surface area contributed by atoms with Crippen LogP contribution in [0.25, 0.3) is 0 Å². The topological polar surface area (TPSA) is 99.1 Å². The molecule has 0 aromatic rings. The first kappa shape index (κ1) is 35.4. The normalized spacial score (nSPS) is 13.6. The fourth-order valence-corrected chi connectivity index (χ4v) is 3.93. The molecule has 0 aliphatic heterocycles. The Bertz CT molecular complexity index is 631. The van der Waals surface area contributed by atoms with Gasteiger partial charge >= 0.3 is 17.9 Å². The van der Waals surface area contributed by atoms with Crippen LogP contribution in [0.5, 0.6) is 0 Å². The van der Waals surface area contributed by atoms with Crippen LogP contribution in [0.2, 0.25) is 0 Å². The van der Waals surface area contributed by atoms with E-state index in [1.165, 1.54) is 70.6 Å². The third kappa shape index (κ3) is 21.0. The molecule has 0 aromatic heterocycles. The molecule has 7 nitrogen and oxygen atoms in total. The van der Waals surface area contributed by atoms with Crippen molar-refractivity contribution in [1.82, 2.24) is 0 Å². The number of rotatable bonds is 20. The van der Waals surface area contributed by atoms with E-state index in [4.69, 9.17) is 14.2 Å². The largest absolute Gasteiger partial charge is 0.458 e. The summed E-state index contributed by atoms with van der Waals surface area (Å²) in [6, 6.07) is 0. The van der Waals surface area contributed by atoms with Crippen molar-refractivity contribution in [3.63, 3.8) is 0 Å². The second kappa shape index (κ2) is 19.4. The zero-order valence-corrected chi connectivity index (χ0v) is 24.9. The van der Waals surface area contributed by atoms with Gasteiger partial charge < -0.3 is 19.3 Å². The average Bonchev–Trinajstić information content (AvgIpc) is 2.77. The van der Waals surface area contributed by atoms with Crippen LogP contribution in [0, 0.1) is 0 Å². The molecule has 0 fully saturated rings. The molecule has 7 heteroatoms. The van der Waals surface area contributed by atoms with Crippen molar-refractivity contribution in [2.24, 2.45) is 0 Å². The number of ether oxygens (including phenoxy) is 3. The summed E-state index contributed by atoms with van der Waals surface area (Å²) in [6.07, 6.45) is 14.7. The van der Waals surface area contributed by atoms with Crippen LogP contribution in [0.3, 0.4) is 0 Å². The number of hydrogen-bond acceptors (Lipinski definition) is 7. The predicted octanol–water partition coefficient (Wildman–Crippen LogP) is 7.20. The summed E-state index contributed by atoms with van der Waals surface area (Å²) in [4.78, 5) is 37.2. The molecule has 0 amide bonds. The van der Waals surface area contributed by atoms with Gasteiger partial charge in [0.2, 0.25) is 6.10 Å². The predicted molar refractivity (Wildman–Crippen MR) is 147 cm³/mol. The number of hydrogen-bond donors (Lipinski definition) is 1. The molecule has 0 aromatic carbocycles. The first-order valence-corrected chi connectivity index (χ1v) is 14.6. The summed E-state index contributed by atoms with van der Waals surface area (Å²) in [5.41, 5.74) is -1.74. The van der Waals surface area contributed by atoms with Gasteiger partial charge in [-0.25, -0.2) is 9.59 Å². The Labute approximate surface area is 226 Å². The van der Waals surface area contributed by atoms with E-state index in [0.29, 0.717) is 6.42 Å². The number of carbonyl (C=O) groups is 3. The Morgan fingerprint density at radius 1 is 0.595 bits per heavy atom. The molecule has 2 atom stereocenters. The SMILES string of the molecule is CCCCCCCCCCCCCCCCCC(=O)OC(C(=O)OC(C)(C)C)C(O)C(=O)OC(C)(C)C. The first-order chi connectivity index (χ1) is 17.3. The van der Waals surface area contributed by atoms with Crippen LogP contribution in [0.1, 0.15) is 151 Å². The van der Waals surface area contributed by atoms with Gasteiger partial charge in [-0.3, -0.25) is 4.79 Å². The lowest BCUT2D eigenvalue weighted by Crippen LogP contribution is -2.47. The van der Waals surface area contributed by atoms with E-state index in [2.05, 4.69) is 6.92 Å². The molecular weight excluding hydrogens is 472 g/mol. The van der Waals surface area contributed by atoms with Crippen molar-refractivity contribution in [3.8, 4) is 0 Å². The third-order valence-corrected chi connectivity index (χ3v) is 5.82. The Balaban J connectivity index is 4.22. The summed E-state index contributed by atoms with van der Waals surface area (Å²) >= 11 is 0. The minimum Gasteiger partial charge on any atom is -0.458 e. The van der Waals surface area contributed by atoms with E-state index >= 15 is 0 Å². The average molecular weight is 529 g/mol. The molecule has 0 aliphatic rings. The second-order valence-corrected chi connectivity index (χ2v) is 12.1. The highest BCUT2D eigenvalue weighted by molar-refractivity contribution is 5.87. The van der Waals surface area contributed by atoms with Crippen LogP contribution in [-0.2, 0) is 28.6 Å². The highest BCUT2D eigenvalue weighted by Crippen LogP contribution is 2.18. The maximum atomic E-state index is 12.6. The summed E-state index contributed by atoms with van der Waals surface area (Å²) < 4.78 is 15.6. The van der Waals surface area contributed by atoms with E-state index in [-0.39, 0.29) is 6.42 Å². The number of aliphatic hydroxyl groups is 1. The third-order valence-electron chi connectivity index (χ3n) is 5.82. The molecule has 218 valence electrons. The first-order valence-electron chi connectivity index (χ1n) is 14.6. The van der Waals surface area contributed by atoms with Gasteiger partial charge in [0.25, 0.3) is 0 Å². The highest BCUT2D eigenvalue weighted by atomic mass is 16.6. The molecule has 37 heavy (non-hydrogen) atoms. The molecule has 0 aliphatic carbocycles. The Kier molecular flexibility index (Phi) is 18.6. The smallest absolute Gasteiger partial charge is 0.351 e. The van der Waals surface area contributed by atoms with Gasteiger partial charge in [0.15, 0.2) is 6.10 Å². The number of carbonyl (C=O) groups excluding carboxylic acids is 3. The molecule has 0 rings (SSSR count). The summed E-state index contributed by atoms with van der Waals surface area (Å²) in [6.45, 7) is 12.1. The van der Waals surface area contributed by atoms with E-state index in [9.17, 15) is 19.5 Å². The monoisotopic (exact) mass is 528 g/mol. The van der Waals surface area contributed by atoms with Gasteiger partial charge in [0.05, 0.1) is 0 Å². The van der Waals surface area contributed by atoms with E-state index in [1.54, 1.807) is 41.5 Å². The van der Waals surface area contributed by atoms with Crippen LogP contribution in [0.15, 0.2) is 0 Å². The molecule has 0 radical (unpaired) electrons. The van der Waals surface area contributed by atoms with Crippen LogP contribution in [0.4, 0.5) is 0 Å². The molecule has 0 bridgehead atoms. The number of unbranched alkanes of at least 4 members (excludes halogenated alkanes) is 14. The molecule has 2 unspecified atom stereocenters. The minimum absolute atomic E-state index is 0.110. The molecular formula is C30H56O7. The van der Waals surface area contributed by atoms with Gasteiger partial charge in [-0.1, -0.05) is 96.8 Å². The second-order valence-electron chi connectivity index (χ2n) is 12.1. The lowest BCUT2D eigenvalue weighted by atomic mass is 10.0. The van der Waals surface area contributed by atoms with Gasteiger partial charge in [0.1, 0.15) is 11.2 Å². The lowest BCUT2D eigenvalue weighted by Gasteiger charge is -2.27. The van der Waals surface area contributed by atoms with Crippen molar-refractivity contribution in [2.75, 3.05) is 0 Å². The van der Waals surface area contributed by atoms with Crippen molar-refractivity contribution < 1.29 is 33.7 Å². The number of esters is 3. The zero-order valence-electron chi connectivity index (χ0n) is 24.9.